The highest BCUT2D eigenvalue weighted by atomic mass is 16.5. The maximum absolute atomic E-state index is 8.71. The Kier molecular flexibility index (Phi) is 6.71. The third-order valence-electron chi connectivity index (χ3n) is 2.91. The molecule has 3 N–H and O–H groups in total. The van der Waals surface area contributed by atoms with Gasteiger partial charge in [-0.1, -0.05) is 31.3 Å². The van der Waals surface area contributed by atoms with Crippen LogP contribution in [0.15, 0.2) is 23.5 Å². The van der Waals surface area contributed by atoms with Gasteiger partial charge in [-0.3, -0.25) is 0 Å². The van der Waals surface area contributed by atoms with E-state index in [4.69, 9.17) is 15.7 Å². The maximum atomic E-state index is 8.71. The number of pyridine rings is 1. The van der Waals surface area contributed by atoms with Crippen molar-refractivity contribution in [2.75, 3.05) is 0 Å². The van der Waals surface area contributed by atoms with Crippen molar-refractivity contribution in [2.24, 2.45) is 10.9 Å². The van der Waals surface area contributed by atoms with Crippen molar-refractivity contribution < 1.29 is 9.94 Å². The van der Waals surface area contributed by atoms with Gasteiger partial charge >= 0.3 is 0 Å². The molecule has 0 spiro atoms. The van der Waals surface area contributed by atoms with Crippen LogP contribution < -0.4 is 10.5 Å². The number of oxime groups is 1. The van der Waals surface area contributed by atoms with Crippen molar-refractivity contribution >= 4 is 5.84 Å². The second-order valence-corrected chi connectivity index (χ2v) is 4.61. The fourth-order valence-corrected chi connectivity index (χ4v) is 1.86. The summed E-state index contributed by atoms with van der Waals surface area (Å²) in [5, 5.41) is 11.7. The number of nitrogens with zero attached hydrogens (tertiary/aromatic N) is 2. The zero-order valence-corrected chi connectivity index (χ0v) is 11.7. The van der Waals surface area contributed by atoms with Gasteiger partial charge in [-0.15, -0.1) is 0 Å². The van der Waals surface area contributed by atoms with Gasteiger partial charge in [0.05, 0.1) is 6.10 Å². The summed E-state index contributed by atoms with van der Waals surface area (Å²) in [6, 6.07) is 3.55. The predicted molar refractivity (Wildman–Crippen MR) is 75.6 cm³/mol. The Morgan fingerprint density at radius 2 is 2.26 bits per heavy atom. The van der Waals surface area contributed by atoms with E-state index in [2.05, 4.69) is 17.1 Å². The van der Waals surface area contributed by atoms with E-state index in [1.807, 2.05) is 6.92 Å². The third kappa shape index (κ3) is 5.16. The topological polar surface area (TPSA) is 80.7 Å². The van der Waals surface area contributed by atoms with Crippen LogP contribution >= 0.6 is 0 Å². The molecule has 0 aliphatic heterocycles. The van der Waals surface area contributed by atoms with E-state index >= 15 is 0 Å². The van der Waals surface area contributed by atoms with Gasteiger partial charge in [0.1, 0.15) is 5.75 Å². The van der Waals surface area contributed by atoms with E-state index in [9.17, 15) is 0 Å². The van der Waals surface area contributed by atoms with E-state index in [-0.39, 0.29) is 11.9 Å². The zero-order chi connectivity index (χ0) is 14.1. The van der Waals surface area contributed by atoms with Gasteiger partial charge in [0.15, 0.2) is 11.5 Å². The smallest absolute Gasteiger partial charge is 0.192 e. The molecule has 0 fully saturated rings. The van der Waals surface area contributed by atoms with Crippen LogP contribution in [-0.4, -0.2) is 22.1 Å². The summed E-state index contributed by atoms with van der Waals surface area (Å²) < 4.78 is 5.81. The lowest BCUT2D eigenvalue weighted by atomic mass is 10.1. The molecule has 19 heavy (non-hydrogen) atoms. The number of hydrogen-bond acceptors (Lipinski definition) is 4. The van der Waals surface area contributed by atoms with Gasteiger partial charge in [-0.2, -0.15) is 0 Å². The highest BCUT2D eigenvalue weighted by Gasteiger charge is 2.12. The highest BCUT2D eigenvalue weighted by molar-refractivity contribution is 5.97. The number of hydrogen-bond donors (Lipinski definition) is 2. The number of amidine groups is 1. The second kappa shape index (κ2) is 8.34. The third-order valence-corrected chi connectivity index (χ3v) is 2.91. The lowest BCUT2D eigenvalue weighted by Gasteiger charge is -2.16. The molecule has 0 radical (unpaired) electrons. The molecule has 0 saturated heterocycles. The summed E-state index contributed by atoms with van der Waals surface area (Å²) in [6.45, 7) is 4.22. The Balaban J connectivity index is 2.56. The fourth-order valence-electron chi connectivity index (χ4n) is 1.86. The van der Waals surface area contributed by atoms with Crippen molar-refractivity contribution in [3.05, 3.63) is 24.0 Å². The molecule has 0 amide bonds. The minimum Gasteiger partial charge on any atom is -0.488 e. The van der Waals surface area contributed by atoms with Gasteiger partial charge in [0.25, 0.3) is 0 Å². The number of unbranched alkanes of at least 4 members (excludes halogenated alkanes) is 3. The molecule has 1 aromatic heterocycles. The first kappa shape index (κ1) is 15.3. The molecule has 1 aromatic rings. The molecule has 1 rings (SSSR count). The van der Waals surface area contributed by atoms with Gasteiger partial charge in [-0.25, -0.2) is 4.98 Å². The maximum Gasteiger partial charge on any atom is 0.192 e. The molecule has 5 heteroatoms. The fraction of sp³-hybridized carbons (Fsp3) is 0.571. The van der Waals surface area contributed by atoms with Crippen molar-refractivity contribution in [1.82, 2.24) is 4.98 Å². The van der Waals surface area contributed by atoms with Crippen LogP contribution in [0.4, 0.5) is 0 Å². The van der Waals surface area contributed by atoms with Gasteiger partial charge in [0, 0.05) is 6.20 Å². The summed E-state index contributed by atoms with van der Waals surface area (Å²) in [5.41, 5.74) is 5.95. The minimum atomic E-state index is -0.0335. The first-order chi connectivity index (χ1) is 9.19. The molecule has 0 aromatic carbocycles. The first-order valence-electron chi connectivity index (χ1n) is 6.78. The van der Waals surface area contributed by atoms with Crippen molar-refractivity contribution in [2.45, 2.75) is 52.1 Å². The van der Waals surface area contributed by atoms with E-state index in [0.29, 0.717) is 11.4 Å². The van der Waals surface area contributed by atoms with Crippen molar-refractivity contribution in [3.63, 3.8) is 0 Å². The van der Waals surface area contributed by atoms with E-state index in [1.165, 1.54) is 19.3 Å². The van der Waals surface area contributed by atoms with Crippen LogP contribution in [0.1, 0.15) is 51.6 Å². The van der Waals surface area contributed by atoms with Crippen molar-refractivity contribution in [3.8, 4) is 5.75 Å². The predicted octanol–water partition coefficient (Wildman–Crippen LogP) is 2.91. The SMILES string of the molecule is CCCCCCC(C)Oc1cccnc1/C(N)=N/O. The zero-order valence-electron chi connectivity index (χ0n) is 11.7. The Hall–Kier alpha value is -1.78. The van der Waals surface area contributed by atoms with Gasteiger partial charge in [-0.05, 0) is 31.9 Å². The summed E-state index contributed by atoms with van der Waals surface area (Å²) >= 11 is 0. The minimum absolute atomic E-state index is 0.0335. The summed E-state index contributed by atoms with van der Waals surface area (Å²) in [6.07, 6.45) is 7.53. The molecule has 0 saturated carbocycles. The number of rotatable bonds is 8. The molecule has 0 aliphatic rings. The van der Waals surface area contributed by atoms with E-state index < -0.39 is 0 Å². The van der Waals surface area contributed by atoms with Crippen LogP contribution in [0.3, 0.4) is 0 Å². The molecular weight excluding hydrogens is 242 g/mol. The average Bonchev–Trinajstić information content (AvgIpc) is 2.43. The molecule has 5 nitrogen and oxygen atoms in total. The number of ether oxygens (including phenoxy) is 1. The van der Waals surface area contributed by atoms with Crippen LogP contribution in [-0.2, 0) is 0 Å². The Morgan fingerprint density at radius 3 is 2.95 bits per heavy atom. The summed E-state index contributed by atoms with van der Waals surface area (Å²) in [4.78, 5) is 4.07. The van der Waals surface area contributed by atoms with Crippen LogP contribution in [0.2, 0.25) is 0 Å². The van der Waals surface area contributed by atoms with Crippen LogP contribution in [0.25, 0.3) is 0 Å². The monoisotopic (exact) mass is 265 g/mol. The van der Waals surface area contributed by atoms with Gasteiger partial charge in [0.2, 0.25) is 0 Å². The molecule has 0 aliphatic carbocycles. The van der Waals surface area contributed by atoms with Crippen LogP contribution in [0, 0.1) is 0 Å². The first-order valence-corrected chi connectivity index (χ1v) is 6.78. The number of aromatic nitrogens is 1. The van der Waals surface area contributed by atoms with E-state index in [1.54, 1.807) is 18.3 Å². The Morgan fingerprint density at radius 1 is 1.47 bits per heavy atom. The van der Waals surface area contributed by atoms with Crippen molar-refractivity contribution in [1.29, 1.82) is 0 Å². The summed E-state index contributed by atoms with van der Waals surface area (Å²) in [7, 11) is 0. The molecule has 0 bridgehead atoms. The lowest BCUT2D eigenvalue weighted by molar-refractivity contribution is 0.205. The van der Waals surface area contributed by atoms with Crippen LogP contribution in [0.5, 0.6) is 5.75 Å². The normalized spacial score (nSPS) is 13.3. The van der Waals surface area contributed by atoms with Gasteiger partial charge < -0.3 is 15.7 Å². The standard InChI is InChI=1S/C14H23N3O2/c1-3-4-5-6-8-11(2)19-12-9-7-10-16-13(12)14(15)17-18/h7,9-11,18H,3-6,8H2,1-2H3,(H2,15,17). The molecule has 1 atom stereocenters. The molecule has 1 heterocycles. The number of nitrogens with two attached hydrogens (primary N) is 1. The average molecular weight is 265 g/mol. The molecular formula is C14H23N3O2. The quantitative estimate of drug-likeness (QED) is 0.249. The largest absolute Gasteiger partial charge is 0.488 e. The molecule has 1 unspecified atom stereocenters. The Bertz CT molecular complexity index is 407. The van der Waals surface area contributed by atoms with E-state index in [0.717, 1.165) is 12.8 Å². The second-order valence-electron chi connectivity index (χ2n) is 4.61. The molecule has 106 valence electrons. The lowest BCUT2D eigenvalue weighted by Crippen LogP contribution is -2.19. The Labute approximate surface area is 114 Å². The highest BCUT2D eigenvalue weighted by Crippen LogP contribution is 2.18. The summed E-state index contributed by atoms with van der Waals surface area (Å²) in [5.74, 6) is 0.523.